The summed E-state index contributed by atoms with van der Waals surface area (Å²) in [5.41, 5.74) is 1.96. The summed E-state index contributed by atoms with van der Waals surface area (Å²) in [7, 11) is 0. The number of likely N-dealkylation sites (tertiary alicyclic amines) is 1. The Balaban J connectivity index is 1.48. The Kier molecular flexibility index (Phi) is 4.72. The molecule has 7 nitrogen and oxygen atoms in total. The number of rotatable bonds is 5. The van der Waals surface area contributed by atoms with Gasteiger partial charge in [-0.1, -0.05) is 17.9 Å². The number of anilines is 3. The standard InChI is InChI=1S/C19H20N6OS/c1-3-17(26)25-8-6-13(11-25)21-15-9-12(2)10-16(23-15)24-19-22-14-5-4-7-20-18(14)27-19/h3-5,7,9-10,13H,1,6,8,11H2,2H3,(H2,21,22,23,24). The summed E-state index contributed by atoms with van der Waals surface area (Å²) in [6.45, 7) is 6.97. The maximum Gasteiger partial charge on any atom is 0.246 e. The molecule has 0 aliphatic carbocycles. The fourth-order valence-corrected chi connectivity index (χ4v) is 3.97. The summed E-state index contributed by atoms with van der Waals surface area (Å²) in [5, 5.41) is 7.47. The van der Waals surface area contributed by atoms with E-state index >= 15 is 0 Å². The molecule has 8 heteroatoms. The molecule has 2 N–H and O–H groups in total. The lowest BCUT2D eigenvalue weighted by Crippen LogP contribution is -2.30. The molecule has 1 saturated heterocycles. The highest BCUT2D eigenvalue weighted by Crippen LogP contribution is 2.27. The van der Waals surface area contributed by atoms with Crippen molar-refractivity contribution in [3.8, 4) is 0 Å². The number of carbonyl (C=O) groups excluding carboxylic acids is 1. The number of nitrogens with zero attached hydrogens (tertiary/aromatic N) is 4. The summed E-state index contributed by atoms with van der Waals surface area (Å²) < 4.78 is 0. The highest BCUT2D eigenvalue weighted by molar-refractivity contribution is 7.21. The number of aryl methyl sites for hydroxylation is 1. The number of hydrogen-bond acceptors (Lipinski definition) is 7. The van der Waals surface area contributed by atoms with E-state index in [1.54, 1.807) is 11.1 Å². The Labute approximate surface area is 161 Å². The van der Waals surface area contributed by atoms with E-state index < -0.39 is 0 Å². The Morgan fingerprint density at radius 2 is 2.22 bits per heavy atom. The maximum atomic E-state index is 11.7. The van der Waals surface area contributed by atoms with E-state index in [0.29, 0.717) is 6.54 Å². The van der Waals surface area contributed by atoms with Gasteiger partial charge in [-0.25, -0.2) is 15.0 Å². The first kappa shape index (κ1) is 17.4. The maximum absolute atomic E-state index is 11.7. The fraction of sp³-hybridized carbons (Fsp3) is 0.263. The largest absolute Gasteiger partial charge is 0.365 e. The van der Waals surface area contributed by atoms with Crippen molar-refractivity contribution in [3.63, 3.8) is 0 Å². The molecule has 4 heterocycles. The van der Waals surface area contributed by atoms with Crippen LogP contribution in [0.1, 0.15) is 12.0 Å². The average Bonchev–Trinajstić information content (AvgIpc) is 3.26. The number of fused-ring (bicyclic) bond motifs is 1. The van der Waals surface area contributed by atoms with Crippen molar-refractivity contribution in [1.29, 1.82) is 0 Å². The molecule has 1 amide bonds. The summed E-state index contributed by atoms with van der Waals surface area (Å²) in [6, 6.07) is 7.98. The van der Waals surface area contributed by atoms with Crippen molar-refractivity contribution in [3.05, 3.63) is 48.7 Å². The number of aromatic nitrogens is 3. The van der Waals surface area contributed by atoms with Gasteiger partial charge in [0.15, 0.2) is 5.13 Å². The number of hydrogen-bond donors (Lipinski definition) is 2. The van der Waals surface area contributed by atoms with Crippen LogP contribution in [0.25, 0.3) is 10.3 Å². The van der Waals surface area contributed by atoms with Gasteiger partial charge in [0.25, 0.3) is 0 Å². The molecule has 0 spiro atoms. The summed E-state index contributed by atoms with van der Waals surface area (Å²) in [6.07, 6.45) is 4.02. The number of carbonyl (C=O) groups is 1. The van der Waals surface area contributed by atoms with Crippen LogP contribution < -0.4 is 10.6 Å². The van der Waals surface area contributed by atoms with Crippen molar-refractivity contribution in [2.24, 2.45) is 0 Å². The third-order valence-corrected chi connectivity index (χ3v) is 5.29. The van der Waals surface area contributed by atoms with Crippen LogP contribution in [-0.2, 0) is 4.79 Å². The van der Waals surface area contributed by atoms with Crippen molar-refractivity contribution >= 4 is 44.4 Å². The molecule has 27 heavy (non-hydrogen) atoms. The van der Waals surface area contributed by atoms with Crippen LogP contribution in [-0.4, -0.2) is 44.9 Å². The number of pyridine rings is 2. The molecular weight excluding hydrogens is 360 g/mol. The highest BCUT2D eigenvalue weighted by Gasteiger charge is 2.25. The second kappa shape index (κ2) is 7.32. The molecule has 138 valence electrons. The van der Waals surface area contributed by atoms with E-state index in [1.165, 1.54) is 17.4 Å². The van der Waals surface area contributed by atoms with Crippen molar-refractivity contribution in [2.75, 3.05) is 23.7 Å². The summed E-state index contributed by atoms with van der Waals surface area (Å²) in [4.78, 5) is 27.9. The minimum absolute atomic E-state index is 0.0247. The lowest BCUT2D eigenvalue weighted by molar-refractivity contribution is -0.125. The highest BCUT2D eigenvalue weighted by atomic mass is 32.1. The Morgan fingerprint density at radius 3 is 3.04 bits per heavy atom. The molecule has 1 fully saturated rings. The van der Waals surface area contributed by atoms with Crippen LogP contribution in [0.15, 0.2) is 43.1 Å². The van der Waals surface area contributed by atoms with Gasteiger partial charge in [0.05, 0.1) is 0 Å². The van der Waals surface area contributed by atoms with Crippen LogP contribution in [0.3, 0.4) is 0 Å². The van der Waals surface area contributed by atoms with Gasteiger partial charge >= 0.3 is 0 Å². The Bertz CT molecular complexity index is 968. The molecule has 3 aromatic heterocycles. The van der Waals surface area contributed by atoms with E-state index in [1.807, 2.05) is 31.2 Å². The van der Waals surface area contributed by atoms with Gasteiger partial charge in [0.2, 0.25) is 5.91 Å². The van der Waals surface area contributed by atoms with Gasteiger partial charge in [-0.3, -0.25) is 4.79 Å². The van der Waals surface area contributed by atoms with Crippen LogP contribution >= 0.6 is 11.3 Å². The molecule has 0 radical (unpaired) electrons. The van der Waals surface area contributed by atoms with Gasteiger partial charge < -0.3 is 15.5 Å². The number of thiazole rings is 1. The molecule has 0 aromatic carbocycles. The quantitative estimate of drug-likeness (QED) is 0.661. The molecule has 4 rings (SSSR count). The van der Waals surface area contributed by atoms with Crippen LogP contribution in [0.2, 0.25) is 0 Å². The average molecular weight is 380 g/mol. The smallest absolute Gasteiger partial charge is 0.246 e. The van der Waals surface area contributed by atoms with Crippen molar-refractivity contribution < 1.29 is 4.79 Å². The predicted molar refractivity (Wildman–Crippen MR) is 108 cm³/mol. The Morgan fingerprint density at radius 1 is 1.37 bits per heavy atom. The second-order valence-corrected chi connectivity index (χ2v) is 7.48. The van der Waals surface area contributed by atoms with Crippen molar-refractivity contribution in [2.45, 2.75) is 19.4 Å². The van der Waals surface area contributed by atoms with Gasteiger partial charge in [0, 0.05) is 25.3 Å². The molecule has 1 aliphatic rings. The topological polar surface area (TPSA) is 83.0 Å². The zero-order valence-corrected chi connectivity index (χ0v) is 15.8. The number of amides is 1. The van der Waals surface area contributed by atoms with Crippen molar-refractivity contribution in [1.82, 2.24) is 19.9 Å². The monoisotopic (exact) mass is 380 g/mol. The van der Waals surface area contributed by atoms with E-state index in [0.717, 1.165) is 45.6 Å². The predicted octanol–water partition coefficient (Wildman–Crippen LogP) is 3.34. The fourth-order valence-electron chi connectivity index (χ4n) is 3.15. The zero-order valence-electron chi connectivity index (χ0n) is 15.0. The van der Waals surface area contributed by atoms with Gasteiger partial charge in [-0.2, -0.15) is 0 Å². The zero-order chi connectivity index (χ0) is 18.8. The molecule has 0 saturated carbocycles. The Hall–Kier alpha value is -3.00. The lowest BCUT2D eigenvalue weighted by Gasteiger charge is -2.16. The van der Waals surface area contributed by atoms with Gasteiger partial charge in [-0.05, 0) is 49.2 Å². The summed E-state index contributed by atoms with van der Waals surface area (Å²) in [5.74, 6) is 1.49. The van der Waals surface area contributed by atoms with E-state index in [4.69, 9.17) is 0 Å². The minimum Gasteiger partial charge on any atom is -0.365 e. The minimum atomic E-state index is -0.0247. The summed E-state index contributed by atoms with van der Waals surface area (Å²) >= 11 is 1.50. The van der Waals surface area contributed by atoms with Crippen LogP contribution in [0.4, 0.5) is 16.8 Å². The molecule has 0 bridgehead atoms. The van der Waals surface area contributed by atoms with Crippen LogP contribution in [0, 0.1) is 6.92 Å². The first-order chi connectivity index (χ1) is 13.1. The molecular formula is C19H20N6OS. The first-order valence-corrected chi connectivity index (χ1v) is 9.57. The third kappa shape index (κ3) is 3.90. The SMILES string of the molecule is C=CC(=O)N1CCC(Nc2cc(C)cc(Nc3nc4cccnc4s3)n2)C1. The number of nitrogens with one attached hydrogen (secondary N) is 2. The van der Waals surface area contributed by atoms with E-state index in [-0.39, 0.29) is 11.9 Å². The normalized spacial score (nSPS) is 16.5. The first-order valence-electron chi connectivity index (χ1n) is 8.76. The third-order valence-electron chi connectivity index (χ3n) is 4.40. The van der Waals surface area contributed by atoms with E-state index in [2.05, 4.69) is 32.2 Å². The van der Waals surface area contributed by atoms with Gasteiger partial charge in [0.1, 0.15) is 22.0 Å². The van der Waals surface area contributed by atoms with E-state index in [9.17, 15) is 4.79 Å². The molecule has 1 atom stereocenters. The molecule has 1 unspecified atom stereocenters. The molecule has 3 aromatic rings. The second-order valence-electron chi connectivity index (χ2n) is 6.50. The van der Waals surface area contributed by atoms with Crippen LogP contribution in [0.5, 0.6) is 0 Å². The van der Waals surface area contributed by atoms with Gasteiger partial charge in [-0.15, -0.1) is 0 Å². The lowest BCUT2D eigenvalue weighted by atomic mass is 10.2. The molecule has 1 aliphatic heterocycles.